The van der Waals surface area contributed by atoms with Gasteiger partial charge in [0.2, 0.25) is 11.8 Å². The Labute approximate surface area is 96.2 Å². The number of likely N-dealkylation sites (tertiary alicyclic amines) is 1. The molecule has 3 nitrogen and oxygen atoms in total. The van der Waals surface area contributed by atoms with Crippen LogP contribution < -0.4 is 0 Å². The van der Waals surface area contributed by atoms with E-state index in [-0.39, 0.29) is 11.8 Å². The van der Waals surface area contributed by atoms with Crippen LogP contribution in [0.4, 0.5) is 0 Å². The van der Waals surface area contributed by atoms with Gasteiger partial charge >= 0.3 is 0 Å². The van der Waals surface area contributed by atoms with E-state index in [0.717, 1.165) is 10.0 Å². The highest BCUT2D eigenvalue weighted by atomic mass is 79.9. The average Bonchev–Trinajstić information content (AvgIpc) is 2.53. The normalized spacial score (nSPS) is 16.2. The minimum atomic E-state index is -0.0667. The molecule has 1 fully saturated rings. The smallest absolute Gasteiger partial charge is 0.229 e. The van der Waals surface area contributed by atoms with Crippen LogP contribution in [0.2, 0.25) is 0 Å². The number of amides is 2. The Hall–Kier alpha value is -1.16. The molecule has 0 saturated carbocycles. The fraction of sp³-hybridized carbons (Fsp3) is 0.273. The Morgan fingerprint density at radius 3 is 2.13 bits per heavy atom. The number of rotatable bonds is 2. The molecule has 0 bridgehead atoms. The topological polar surface area (TPSA) is 37.4 Å². The molecule has 1 aliphatic rings. The fourth-order valence-corrected chi connectivity index (χ4v) is 1.84. The molecule has 0 unspecified atom stereocenters. The molecule has 2 amide bonds. The van der Waals surface area contributed by atoms with Crippen LogP contribution in [0.5, 0.6) is 0 Å². The van der Waals surface area contributed by atoms with Crippen molar-refractivity contribution in [2.75, 3.05) is 0 Å². The number of carbonyl (C=O) groups is 2. The summed E-state index contributed by atoms with van der Waals surface area (Å²) in [6.07, 6.45) is 0.713. The second kappa shape index (κ2) is 4.14. The first-order valence-electron chi connectivity index (χ1n) is 4.74. The van der Waals surface area contributed by atoms with Gasteiger partial charge in [0.25, 0.3) is 0 Å². The number of hydrogen-bond donors (Lipinski definition) is 0. The second-order valence-corrected chi connectivity index (χ2v) is 4.42. The van der Waals surface area contributed by atoms with Crippen LogP contribution in [0.15, 0.2) is 28.7 Å². The van der Waals surface area contributed by atoms with E-state index >= 15 is 0 Å². The Morgan fingerprint density at radius 1 is 1.07 bits per heavy atom. The van der Waals surface area contributed by atoms with Gasteiger partial charge in [-0.3, -0.25) is 14.5 Å². The summed E-state index contributed by atoms with van der Waals surface area (Å²) >= 11 is 3.33. The third-order valence-corrected chi connectivity index (χ3v) is 2.94. The molecule has 1 aromatic carbocycles. The lowest BCUT2D eigenvalue weighted by atomic mass is 10.2. The van der Waals surface area contributed by atoms with E-state index in [4.69, 9.17) is 0 Å². The highest BCUT2D eigenvalue weighted by Crippen LogP contribution is 2.17. The molecule has 4 heteroatoms. The second-order valence-electron chi connectivity index (χ2n) is 3.50. The maximum Gasteiger partial charge on any atom is 0.229 e. The highest BCUT2D eigenvalue weighted by molar-refractivity contribution is 9.10. The van der Waals surface area contributed by atoms with Crippen molar-refractivity contribution in [3.05, 3.63) is 34.3 Å². The first-order valence-corrected chi connectivity index (χ1v) is 5.54. The van der Waals surface area contributed by atoms with E-state index in [2.05, 4.69) is 15.9 Å². The summed E-state index contributed by atoms with van der Waals surface area (Å²) < 4.78 is 0.991. The zero-order chi connectivity index (χ0) is 10.8. The SMILES string of the molecule is O=C1CCC(=O)N1Cc1ccc(Br)cc1. The van der Waals surface area contributed by atoms with E-state index < -0.39 is 0 Å². The first kappa shape index (κ1) is 10.4. The lowest BCUT2D eigenvalue weighted by Gasteiger charge is -2.13. The van der Waals surface area contributed by atoms with Crippen molar-refractivity contribution in [1.82, 2.24) is 4.90 Å². The highest BCUT2D eigenvalue weighted by Gasteiger charge is 2.28. The van der Waals surface area contributed by atoms with Gasteiger partial charge in [-0.15, -0.1) is 0 Å². The van der Waals surface area contributed by atoms with E-state index in [0.29, 0.717) is 19.4 Å². The lowest BCUT2D eigenvalue weighted by Crippen LogP contribution is -2.28. The summed E-state index contributed by atoms with van der Waals surface area (Å²) in [7, 11) is 0. The van der Waals surface area contributed by atoms with Crippen LogP contribution in [0, 0.1) is 0 Å². The zero-order valence-corrected chi connectivity index (χ0v) is 9.66. The van der Waals surface area contributed by atoms with E-state index in [1.54, 1.807) is 0 Å². The van der Waals surface area contributed by atoms with Crippen LogP contribution in [0.25, 0.3) is 0 Å². The van der Waals surface area contributed by atoms with Crippen molar-refractivity contribution in [2.24, 2.45) is 0 Å². The van der Waals surface area contributed by atoms with Crippen LogP contribution in [0.3, 0.4) is 0 Å². The molecule has 0 radical (unpaired) electrons. The molecule has 1 heterocycles. The third-order valence-electron chi connectivity index (χ3n) is 2.41. The zero-order valence-electron chi connectivity index (χ0n) is 8.07. The summed E-state index contributed by atoms with van der Waals surface area (Å²) in [5.41, 5.74) is 0.974. The molecule has 1 aromatic rings. The van der Waals surface area contributed by atoms with Gasteiger partial charge < -0.3 is 0 Å². The predicted molar refractivity (Wildman–Crippen MR) is 58.9 cm³/mol. The summed E-state index contributed by atoms with van der Waals surface area (Å²) in [6, 6.07) is 7.62. The molecule has 0 atom stereocenters. The number of nitrogens with zero attached hydrogens (tertiary/aromatic N) is 1. The van der Waals surface area contributed by atoms with E-state index in [1.807, 2.05) is 24.3 Å². The molecule has 0 spiro atoms. The first-order chi connectivity index (χ1) is 7.16. The van der Waals surface area contributed by atoms with Gasteiger partial charge in [0, 0.05) is 17.3 Å². The Balaban J connectivity index is 2.11. The van der Waals surface area contributed by atoms with Crippen molar-refractivity contribution >= 4 is 27.7 Å². The monoisotopic (exact) mass is 267 g/mol. The average molecular weight is 268 g/mol. The minimum Gasteiger partial charge on any atom is -0.278 e. The molecular weight excluding hydrogens is 258 g/mol. The van der Waals surface area contributed by atoms with Crippen LogP contribution in [-0.4, -0.2) is 16.7 Å². The number of hydrogen-bond acceptors (Lipinski definition) is 2. The number of benzene rings is 1. The fourth-order valence-electron chi connectivity index (χ4n) is 1.57. The van der Waals surface area contributed by atoms with Crippen molar-refractivity contribution in [2.45, 2.75) is 19.4 Å². The van der Waals surface area contributed by atoms with Crippen molar-refractivity contribution in [1.29, 1.82) is 0 Å². The molecule has 0 N–H and O–H groups in total. The molecular formula is C11H10BrNO2. The minimum absolute atomic E-state index is 0.0667. The Kier molecular flexibility index (Phi) is 2.86. The van der Waals surface area contributed by atoms with Gasteiger partial charge in [-0.1, -0.05) is 28.1 Å². The summed E-state index contributed by atoms with van der Waals surface area (Å²) in [6.45, 7) is 0.394. The number of carbonyl (C=O) groups excluding carboxylic acids is 2. The van der Waals surface area contributed by atoms with Gasteiger partial charge in [0.1, 0.15) is 0 Å². The third kappa shape index (κ3) is 2.26. The predicted octanol–water partition coefficient (Wildman–Crippen LogP) is 2.10. The van der Waals surface area contributed by atoms with E-state index in [9.17, 15) is 9.59 Å². The Morgan fingerprint density at radius 2 is 1.60 bits per heavy atom. The van der Waals surface area contributed by atoms with E-state index in [1.165, 1.54) is 4.90 Å². The van der Waals surface area contributed by atoms with Crippen LogP contribution in [0.1, 0.15) is 18.4 Å². The molecule has 0 aromatic heterocycles. The van der Waals surface area contributed by atoms with Gasteiger partial charge in [-0.05, 0) is 17.7 Å². The van der Waals surface area contributed by atoms with Crippen molar-refractivity contribution < 1.29 is 9.59 Å². The quantitative estimate of drug-likeness (QED) is 0.770. The van der Waals surface area contributed by atoms with Gasteiger partial charge in [0.05, 0.1) is 6.54 Å². The Bertz CT molecular complexity index is 384. The lowest BCUT2D eigenvalue weighted by molar-refractivity contribution is -0.139. The van der Waals surface area contributed by atoms with Crippen molar-refractivity contribution in [3.8, 4) is 0 Å². The molecule has 15 heavy (non-hydrogen) atoms. The van der Waals surface area contributed by atoms with Gasteiger partial charge in [-0.2, -0.15) is 0 Å². The molecule has 1 saturated heterocycles. The largest absolute Gasteiger partial charge is 0.278 e. The number of imide groups is 1. The van der Waals surface area contributed by atoms with Gasteiger partial charge in [0.15, 0.2) is 0 Å². The summed E-state index contributed by atoms with van der Waals surface area (Å²) in [4.78, 5) is 24.0. The summed E-state index contributed by atoms with van der Waals surface area (Å²) in [5.74, 6) is -0.133. The van der Waals surface area contributed by atoms with Crippen LogP contribution in [-0.2, 0) is 16.1 Å². The standard InChI is InChI=1S/C11H10BrNO2/c12-9-3-1-8(2-4-9)7-13-10(14)5-6-11(13)15/h1-4H,5-7H2. The molecule has 0 aliphatic carbocycles. The molecule has 1 aliphatic heterocycles. The molecule has 78 valence electrons. The maximum absolute atomic E-state index is 11.4. The maximum atomic E-state index is 11.4. The number of halogens is 1. The summed E-state index contributed by atoms with van der Waals surface area (Å²) in [5, 5.41) is 0. The van der Waals surface area contributed by atoms with Gasteiger partial charge in [-0.25, -0.2) is 0 Å². The van der Waals surface area contributed by atoms with Crippen molar-refractivity contribution in [3.63, 3.8) is 0 Å². The van der Waals surface area contributed by atoms with Crippen LogP contribution >= 0.6 is 15.9 Å². The molecule has 2 rings (SSSR count).